The number of halogens is 4. The number of fused-ring (bicyclic) bond motifs is 1. The number of amides is 1. The molecule has 0 bridgehead atoms. The normalized spacial score (nSPS) is 18.9. The standard InChI is InChI=1S/C26H26F4N4O3S/c27-21-7-1-2-8-22(21)32-11-13-33(14-12-32)25(35)18-24-23-9-4-10-31(23)15-16-34(24)38(36,37)20-6-3-5-19(17-20)26(28,29)30/h1-10,17,24H,11-16,18H2. The lowest BCUT2D eigenvalue weighted by atomic mass is 10.1. The Morgan fingerprint density at radius 2 is 1.63 bits per heavy atom. The Morgan fingerprint density at radius 3 is 2.34 bits per heavy atom. The zero-order valence-electron chi connectivity index (χ0n) is 20.3. The highest BCUT2D eigenvalue weighted by atomic mass is 32.2. The fraction of sp³-hybridized carbons (Fsp3) is 0.346. The number of aromatic nitrogens is 1. The van der Waals surface area contributed by atoms with Crippen molar-refractivity contribution in [3.05, 3.63) is 83.9 Å². The molecule has 3 aromatic rings. The van der Waals surface area contributed by atoms with E-state index in [2.05, 4.69) is 0 Å². The molecule has 2 aromatic carbocycles. The number of hydrogen-bond donors (Lipinski definition) is 0. The van der Waals surface area contributed by atoms with Crippen molar-refractivity contribution >= 4 is 21.6 Å². The molecule has 0 aliphatic carbocycles. The summed E-state index contributed by atoms with van der Waals surface area (Å²) >= 11 is 0. The van der Waals surface area contributed by atoms with Crippen LogP contribution >= 0.6 is 0 Å². The van der Waals surface area contributed by atoms with Gasteiger partial charge in [0.25, 0.3) is 0 Å². The molecular weight excluding hydrogens is 524 g/mol. The van der Waals surface area contributed by atoms with Crippen LogP contribution in [0.25, 0.3) is 0 Å². The first-order valence-corrected chi connectivity index (χ1v) is 13.6. The van der Waals surface area contributed by atoms with Crippen LogP contribution in [0.3, 0.4) is 0 Å². The molecule has 3 heterocycles. The SMILES string of the molecule is O=C(CC1c2cccn2CCN1S(=O)(=O)c1cccc(C(F)(F)F)c1)N1CCN(c2ccccc2F)CC1. The molecule has 0 spiro atoms. The molecule has 5 rings (SSSR count). The summed E-state index contributed by atoms with van der Waals surface area (Å²) < 4.78 is 84.2. The van der Waals surface area contributed by atoms with Crippen molar-refractivity contribution in [1.29, 1.82) is 0 Å². The van der Waals surface area contributed by atoms with Gasteiger partial charge in [-0.15, -0.1) is 0 Å². The van der Waals surface area contributed by atoms with Crippen molar-refractivity contribution in [2.24, 2.45) is 0 Å². The van der Waals surface area contributed by atoms with E-state index in [9.17, 15) is 30.8 Å². The number of rotatable bonds is 5. The highest BCUT2D eigenvalue weighted by molar-refractivity contribution is 7.89. The van der Waals surface area contributed by atoms with Gasteiger partial charge in [-0.1, -0.05) is 18.2 Å². The Kier molecular flexibility index (Phi) is 6.95. The number of piperazine rings is 1. The molecular formula is C26H26F4N4O3S. The summed E-state index contributed by atoms with van der Waals surface area (Å²) in [5, 5.41) is 0. The van der Waals surface area contributed by atoms with Crippen LogP contribution in [0, 0.1) is 5.82 Å². The van der Waals surface area contributed by atoms with E-state index in [1.165, 1.54) is 6.07 Å². The summed E-state index contributed by atoms with van der Waals surface area (Å²) in [6, 6.07) is 12.7. The zero-order valence-corrected chi connectivity index (χ0v) is 21.1. The van der Waals surface area contributed by atoms with E-state index < -0.39 is 32.7 Å². The van der Waals surface area contributed by atoms with Crippen molar-refractivity contribution in [1.82, 2.24) is 13.8 Å². The van der Waals surface area contributed by atoms with Crippen LogP contribution in [-0.4, -0.2) is 60.8 Å². The van der Waals surface area contributed by atoms with Crippen LogP contribution in [0.1, 0.15) is 23.7 Å². The minimum Gasteiger partial charge on any atom is -0.366 e. The number of anilines is 1. The van der Waals surface area contributed by atoms with Crippen molar-refractivity contribution < 1.29 is 30.8 Å². The van der Waals surface area contributed by atoms with E-state index in [0.29, 0.717) is 50.2 Å². The first-order chi connectivity index (χ1) is 18.1. The molecule has 202 valence electrons. The molecule has 1 amide bonds. The van der Waals surface area contributed by atoms with Gasteiger partial charge in [0.05, 0.1) is 22.2 Å². The molecule has 1 unspecified atom stereocenters. The Labute approximate surface area is 217 Å². The zero-order chi connectivity index (χ0) is 27.1. The van der Waals surface area contributed by atoms with E-state index in [4.69, 9.17) is 0 Å². The van der Waals surface area contributed by atoms with Gasteiger partial charge < -0.3 is 14.4 Å². The summed E-state index contributed by atoms with van der Waals surface area (Å²) in [6.45, 7) is 1.83. The van der Waals surface area contributed by atoms with Gasteiger partial charge in [-0.3, -0.25) is 4.79 Å². The molecule has 2 aliphatic heterocycles. The van der Waals surface area contributed by atoms with Crippen LogP contribution in [0.2, 0.25) is 0 Å². The number of nitrogens with zero attached hydrogens (tertiary/aromatic N) is 4. The molecule has 7 nitrogen and oxygen atoms in total. The average Bonchev–Trinajstić information content (AvgIpc) is 3.38. The first-order valence-electron chi connectivity index (χ1n) is 12.2. The quantitative estimate of drug-likeness (QED) is 0.449. The van der Waals surface area contributed by atoms with E-state index in [1.54, 1.807) is 41.4 Å². The van der Waals surface area contributed by atoms with Gasteiger partial charge in [-0.2, -0.15) is 17.5 Å². The van der Waals surface area contributed by atoms with Crippen molar-refractivity contribution in [2.75, 3.05) is 37.6 Å². The molecule has 2 aliphatic rings. The second kappa shape index (κ2) is 10.1. The molecule has 1 atom stereocenters. The number of sulfonamides is 1. The van der Waals surface area contributed by atoms with Crippen LogP contribution in [0.15, 0.2) is 71.8 Å². The fourth-order valence-corrected chi connectivity index (χ4v) is 6.74. The first kappa shape index (κ1) is 26.2. The highest BCUT2D eigenvalue weighted by Gasteiger charge is 2.40. The summed E-state index contributed by atoms with van der Waals surface area (Å²) in [5.74, 6) is -0.618. The Hall–Kier alpha value is -3.38. The fourth-order valence-electron chi connectivity index (χ4n) is 5.10. The summed E-state index contributed by atoms with van der Waals surface area (Å²) in [4.78, 5) is 16.4. The molecule has 0 N–H and O–H groups in total. The van der Waals surface area contributed by atoms with Gasteiger partial charge in [0.15, 0.2) is 0 Å². The van der Waals surface area contributed by atoms with E-state index in [-0.39, 0.29) is 24.7 Å². The molecule has 1 fully saturated rings. The monoisotopic (exact) mass is 550 g/mol. The number of benzene rings is 2. The van der Waals surface area contributed by atoms with Gasteiger partial charge in [-0.05, 0) is 42.5 Å². The lowest BCUT2D eigenvalue weighted by Gasteiger charge is -2.39. The highest BCUT2D eigenvalue weighted by Crippen LogP contribution is 2.36. The van der Waals surface area contributed by atoms with Crippen molar-refractivity contribution in [3.63, 3.8) is 0 Å². The molecule has 1 aromatic heterocycles. The topological polar surface area (TPSA) is 65.9 Å². The lowest BCUT2D eigenvalue weighted by molar-refractivity contribution is -0.137. The van der Waals surface area contributed by atoms with Crippen LogP contribution < -0.4 is 4.90 Å². The minimum atomic E-state index is -4.69. The average molecular weight is 551 g/mol. The third-order valence-electron chi connectivity index (χ3n) is 7.08. The van der Waals surface area contributed by atoms with Crippen LogP contribution in [0.4, 0.5) is 23.2 Å². The predicted octanol–water partition coefficient (Wildman–Crippen LogP) is 4.13. The molecule has 12 heteroatoms. The predicted molar refractivity (Wildman–Crippen MR) is 132 cm³/mol. The van der Waals surface area contributed by atoms with Gasteiger partial charge >= 0.3 is 6.18 Å². The number of carbonyl (C=O) groups excluding carboxylic acids is 1. The third-order valence-corrected chi connectivity index (χ3v) is 8.98. The Morgan fingerprint density at radius 1 is 0.895 bits per heavy atom. The molecule has 38 heavy (non-hydrogen) atoms. The second-order valence-electron chi connectivity index (χ2n) is 9.31. The second-order valence-corrected chi connectivity index (χ2v) is 11.2. The van der Waals surface area contributed by atoms with E-state index in [0.717, 1.165) is 22.5 Å². The maximum Gasteiger partial charge on any atom is 0.416 e. The summed E-state index contributed by atoms with van der Waals surface area (Å²) in [5.41, 5.74) is 0.00696. The Balaban J connectivity index is 1.36. The summed E-state index contributed by atoms with van der Waals surface area (Å²) in [7, 11) is -4.34. The Bertz CT molecular complexity index is 1430. The van der Waals surface area contributed by atoms with Crippen molar-refractivity contribution in [3.8, 4) is 0 Å². The summed E-state index contributed by atoms with van der Waals surface area (Å²) in [6.07, 6.45) is -3.07. The number of para-hydroxylation sites is 1. The number of hydrogen-bond acceptors (Lipinski definition) is 4. The maximum atomic E-state index is 14.2. The van der Waals surface area contributed by atoms with Crippen LogP contribution in [0.5, 0.6) is 0 Å². The van der Waals surface area contributed by atoms with Gasteiger partial charge in [-0.25, -0.2) is 12.8 Å². The molecule has 1 saturated heterocycles. The number of carbonyl (C=O) groups is 1. The van der Waals surface area contributed by atoms with Gasteiger partial charge in [0.1, 0.15) is 5.82 Å². The number of alkyl halides is 3. The van der Waals surface area contributed by atoms with E-state index in [1.807, 2.05) is 9.47 Å². The van der Waals surface area contributed by atoms with Crippen molar-refractivity contribution in [2.45, 2.75) is 30.1 Å². The van der Waals surface area contributed by atoms with E-state index >= 15 is 0 Å². The molecule has 0 radical (unpaired) electrons. The third kappa shape index (κ3) is 5.02. The smallest absolute Gasteiger partial charge is 0.366 e. The minimum absolute atomic E-state index is 0.0132. The van der Waals surface area contributed by atoms with Gasteiger partial charge in [0, 0.05) is 57.6 Å². The maximum absolute atomic E-state index is 14.2. The lowest BCUT2D eigenvalue weighted by Crippen LogP contribution is -2.50. The van der Waals surface area contributed by atoms with Crippen LogP contribution in [-0.2, 0) is 27.5 Å². The van der Waals surface area contributed by atoms with Gasteiger partial charge in [0.2, 0.25) is 15.9 Å². The molecule has 0 saturated carbocycles. The largest absolute Gasteiger partial charge is 0.416 e.